The Labute approximate surface area is 200 Å². The van der Waals surface area contributed by atoms with Crippen LogP contribution >= 0.6 is 11.6 Å². The first-order valence-electron chi connectivity index (χ1n) is 10.7. The lowest BCUT2D eigenvalue weighted by atomic mass is 10.0. The van der Waals surface area contributed by atoms with Crippen LogP contribution in [0.25, 0.3) is 10.9 Å². The van der Waals surface area contributed by atoms with Crippen molar-refractivity contribution in [2.45, 2.75) is 64.3 Å². The van der Waals surface area contributed by atoms with E-state index in [1.807, 2.05) is 0 Å². The summed E-state index contributed by atoms with van der Waals surface area (Å²) in [6.45, 7) is 12.3. The highest BCUT2D eigenvalue weighted by atomic mass is 35.5. The number of aromatic nitrogens is 1. The Kier molecular flexibility index (Phi) is 9.12. The average Bonchev–Trinajstić information content (AvgIpc) is 3.06. The summed E-state index contributed by atoms with van der Waals surface area (Å²) in [6, 6.07) is 5.82. The lowest BCUT2D eigenvalue weighted by Gasteiger charge is -2.22. The molecule has 8 nitrogen and oxygen atoms in total. The molecule has 1 aromatic carbocycles. The van der Waals surface area contributed by atoms with E-state index in [2.05, 4.69) is 19.6 Å². The van der Waals surface area contributed by atoms with Gasteiger partial charge in [-0.05, 0) is 38.9 Å². The Hall–Kier alpha value is -1.91. The molecule has 10 heteroatoms. The normalized spacial score (nSPS) is 14.2. The van der Waals surface area contributed by atoms with Crippen molar-refractivity contribution in [2.24, 2.45) is 0 Å². The third-order valence-electron chi connectivity index (χ3n) is 4.75. The number of ether oxygens (including phenoxy) is 4. The molecule has 0 radical (unpaired) electrons. The van der Waals surface area contributed by atoms with Crippen LogP contribution in [0.3, 0.4) is 0 Å². The summed E-state index contributed by atoms with van der Waals surface area (Å²) in [5, 5.41) is 12.0. The summed E-state index contributed by atoms with van der Waals surface area (Å²) in [6.07, 6.45) is -2.00. The molecule has 1 aromatic heterocycles. The minimum atomic E-state index is -1.43. The zero-order chi connectivity index (χ0) is 25.0. The molecule has 1 N–H and O–H groups in total. The van der Waals surface area contributed by atoms with Crippen molar-refractivity contribution in [2.75, 3.05) is 20.5 Å². The number of nitrogens with zero attached hydrogens (tertiary/aromatic N) is 1. The summed E-state index contributed by atoms with van der Waals surface area (Å²) in [5.41, 5.74) is 0.00137. The Bertz CT molecular complexity index is 978. The van der Waals surface area contributed by atoms with E-state index in [1.165, 1.54) is 17.9 Å². The zero-order valence-electron chi connectivity index (χ0n) is 20.3. The van der Waals surface area contributed by atoms with Gasteiger partial charge in [0.1, 0.15) is 18.5 Å². The highest BCUT2D eigenvalue weighted by Gasteiger charge is 2.33. The molecule has 2 rings (SSSR count). The lowest BCUT2D eigenvalue weighted by Crippen LogP contribution is -2.33. The van der Waals surface area contributed by atoms with Crippen molar-refractivity contribution in [3.05, 3.63) is 35.0 Å². The number of benzene rings is 1. The Morgan fingerprint density at radius 3 is 2.45 bits per heavy atom. The first-order chi connectivity index (χ1) is 15.2. The Balaban J connectivity index is 2.33. The molecule has 0 aliphatic rings. The molecule has 0 spiro atoms. The number of esters is 1. The van der Waals surface area contributed by atoms with Gasteiger partial charge in [0.2, 0.25) is 0 Å². The predicted octanol–water partition coefficient (Wildman–Crippen LogP) is 4.98. The summed E-state index contributed by atoms with van der Waals surface area (Å²) in [7, 11) is -0.0674. The topological polar surface area (TPSA) is 96.2 Å². The fourth-order valence-electron chi connectivity index (χ4n) is 3.05. The van der Waals surface area contributed by atoms with E-state index in [4.69, 9.17) is 30.5 Å². The molecule has 0 saturated carbocycles. The quantitative estimate of drug-likeness (QED) is 0.225. The fraction of sp³-hybridized carbons (Fsp3) is 0.565. The molecule has 2 atom stereocenters. The molecular weight excluding hydrogens is 466 g/mol. The summed E-state index contributed by atoms with van der Waals surface area (Å²) in [5.74, 6) is -0.761. The molecule has 0 aliphatic carbocycles. The monoisotopic (exact) mass is 499 g/mol. The number of methoxy groups -OCH3 is 1. The third-order valence-corrected chi connectivity index (χ3v) is 6.69. The first-order valence-corrected chi connectivity index (χ1v) is 14.8. The second kappa shape index (κ2) is 11.0. The molecule has 0 bridgehead atoms. The molecule has 1 heterocycles. The highest BCUT2D eigenvalue weighted by Crippen LogP contribution is 2.32. The van der Waals surface area contributed by atoms with Gasteiger partial charge in [0, 0.05) is 36.8 Å². The van der Waals surface area contributed by atoms with Crippen LogP contribution in [0.5, 0.6) is 0 Å². The van der Waals surface area contributed by atoms with Gasteiger partial charge in [0.15, 0.2) is 6.10 Å². The fourth-order valence-corrected chi connectivity index (χ4v) is 3.97. The van der Waals surface area contributed by atoms with Crippen molar-refractivity contribution < 1.29 is 33.6 Å². The van der Waals surface area contributed by atoms with Crippen molar-refractivity contribution in [3.8, 4) is 0 Å². The number of aliphatic hydroxyl groups excluding tert-OH is 1. The maximum absolute atomic E-state index is 12.8. The van der Waals surface area contributed by atoms with E-state index in [-0.39, 0.29) is 6.79 Å². The van der Waals surface area contributed by atoms with Crippen LogP contribution in [-0.2, 0) is 23.7 Å². The Morgan fingerprint density at radius 2 is 1.88 bits per heavy atom. The standard InChI is InChI=1S/C23H34ClNO7Si/c1-23(2,3)32-22(28)25-13-17(16-9-8-15(24)12-18(16)25)19(26)20(21(27)29-4)31-14-30-10-11-33(5,6)7/h8-9,12-13,19-20,26H,10-11,14H2,1-7H3. The molecule has 0 amide bonds. The number of rotatable bonds is 9. The van der Waals surface area contributed by atoms with Crippen LogP contribution in [0.4, 0.5) is 4.79 Å². The predicted molar refractivity (Wildman–Crippen MR) is 129 cm³/mol. The van der Waals surface area contributed by atoms with Crippen LogP contribution in [-0.4, -0.2) is 62.0 Å². The molecule has 2 unspecified atom stereocenters. The third kappa shape index (κ3) is 7.82. The van der Waals surface area contributed by atoms with Gasteiger partial charge in [-0.25, -0.2) is 9.59 Å². The van der Waals surface area contributed by atoms with E-state index in [0.29, 0.717) is 28.1 Å². The minimum Gasteiger partial charge on any atom is -0.467 e. The van der Waals surface area contributed by atoms with E-state index in [9.17, 15) is 14.7 Å². The maximum Gasteiger partial charge on any atom is 0.419 e. The summed E-state index contributed by atoms with van der Waals surface area (Å²) in [4.78, 5) is 25.2. The lowest BCUT2D eigenvalue weighted by molar-refractivity contribution is -0.176. The number of hydrogen-bond acceptors (Lipinski definition) is 7. The SMILES string of the molecule is COC(=O)C(OCOCC[Si](C)(C)C)C(O)c1cn(C(=O)OC(C)(C)C)c2cc(Cl)ccc12. The number of fused-ring (bicyclic) bond motifs is 1. The Morgan fingerprint density at radius 1 is 1.21 bits per heavy atom. The van der Waals surface area contributed by atoms with Gasteiger partial charge < -0.3 is 24.1 Å². The maximum atomic E-state index is 12.8. The number of halogens is 1. The summed E-state index contributed by atoms with van der Waals surface area (Å²) < 4.78 is 22.6. The largest absolute Gasteiger partial charge is 0.467 e. The van der Waals surface area contributed by atoms with E-state index < -0.39 is 37.9 Å². The van der Waals surface area contributed by atoms with Crippen molar-refractivity contribution in [1.82, 2.24) is 4.57 Å². The van der Waals surface area contributed by atoms with Crippen LogP contribution in [0, 0.1) is 0 Å². The second-order valence-corrected chi connectivity index (χ2v) is 16.0. The van der Waals surface area contributed by atoms with Crippen LogP contribution in [0.2, 0.25) is 30.7 Å². The van der Waals surface area contributed by atoms with Gasteiger partial charge >= 0.3 is 12.1 Å². The van der Waals surface area contributed by atoms with Crippen LogP contribution in [0.1, 0.15) is 32.4 Å². The molecular formula is C23H34ClNO7Si. The molecule has 0 saturated heterocycles. The van der Waals surface area contributed by atoms with Gasteiger partial charge in [-0.2, -0.15) is 0 Å². The smallest absolute Gasteiger partial charge is 0.419 e. The molecule has 33 heavy (non-hydrogen) atoms. The van der Waals surface area contributed by atoms with Crippen LogP contribution < -0.4 is 0 Å². The molecule has 2 aromatic rings. The zero-order valence-corrected chi connectivity index (χ0v) is 22.1. The van der Waals surface area contributed by atoms with Crippen molar-refractivity contribution in [3.63, 3.8) is 0 Å². The molecule has 0 aliphatic heterocycles. The van der Waals surface area contributed by atoms with Gasteiger partial charge in [0.25, 0.3) is 0 Å². The second-order valence-electron chi connectivity index (χ2n) is 9.99. The first kappa shape index (κ1) is 27.3. The molecule has 0 fully saturated rings. The number of aliphatic hydroxyl groups is 1. The van der Waals surface area contributed by atoms with Crippen molar-refractivity contribution in [1.29, 1.82) is 0 Å². The van der Waals surface area contributed by atoms with E-state index >= 15 is 0 Å². The van der Waals surface area contributed by atoms with Gasteiger partial charge in [-0.15, -0.1) is 0 Å². The van der Waals surface area contributed by atoms with Crippen molar-refractivity contribution >= 4 is 42.6 Å². The number of carbonyl (C=O) groups is 2. The number of hydrogen-bond donors (Lipinski definition) is 1. The van der Waals surface area contributed by atoms with E-state index in [1.54, 1.807) is 39.0 Å². The summed E-state index contributed by atoms with van der Waals surface area (Å²) >= 11 is 6.14. The van der Waals surface area contributed by atoms with Crippen LogP contribution in [0.15, 0.2) is 24.4 Å². The van der Waals surface area contributed by atoms with Gasteiger partial charge in [-0.1, -0.05) is 37.3 Å². The highest BCUT2D eigenvalue weighted by molar-refractivity contribution is 6.76. The number of carbonyl (C=O) groups excluding carboxylic acids is 2. The molecule has 184 valence electrons. The van der Waals surface area contributed by atoms with E-state index in [0.717, 1.165) is 6.04 Å². The minimum absolute atomic E-state index is 0.183. The van der Waals surface area contributed by atoms with Gasteiger partial charge in [-0.3, -0.25) is 4.57 Å². The van der Waals surface area contributed by atoms with Gasteiger partial charge in [0.05, 0.1) is 12.6 Å². The average molecular weight is 500 g/mol.